The van der Waals surface area contributed by atoms with Gasteiger partial charge < -0.3 is 19.7 Å². The molecule has 3 aromatic carbocycles. The van der Waals surface area contributed by atoms with Crippen LogP contribution in [0.2, 0.25) is 0 Å². The van der Waals surface area contributed by atoms with Crippen LogP contribution in [0, 0.1) is 31.3 Å². The number of likely N-dealkylation sites (tertiary alicyclic amines) is 1. The van der Waals surface area contributed by atoms with E-state index in [1.165, 1.54) is 42.4 Å². The number of carbonyl (C=O) groups excluding carboxylic acids is 2. The predicted molar refractivity (Wildman–Crippen MR) is 182 cm³/mol. The molecule has 0 aliphatic carbocycles. The number of ether oxygens (including phenoxy) is 2. The van der Waals surface area contributed by atoms with E-state index in [9.17, 15) is 22.8 Å². The molecule has 0 spiro atoms. The van der Waals surface area contributed by atoms with E-state index in [0.29, 0.717) is 13.0 Å². The molecule has 1 fully saturated rings. The van der Waals surface area contributed by atoms with E-state index in [-0.39, 0.29) is 40.5 Å². The van der Waals surface area contributed by atoms with Gasteiger partial charge in [0, 0.05) is 19.1 Å². The highest BCUT2D eigenvalue weighted by molar-refractivity contribution is 6.02. The predicted octanol–water partition coefficient (Wildman–Crippen LogP) is 6.75. The summed E-state index contributed by atoms with van der Waals surface area (Å²) in [7, 11) is 2.63. The standard InChI is InChI=1S/C38H43F3N4O4/c1-24-7-11-28(12-8-24)38(30-22-29(39)13-9-25(30)2)15-19-44(20-16-38)18-6-17-42-37(47)45-26(3)43-33(23-48-4)34(36(46)49-5)35(45)27-10-14-31(40)32(41)21-27/h7-14,21-22,35H,6,15-20,23H2,1-5H3,(H,42,47). The average molecular weight is 677 g/mol. The first-order valence-electron chi connectivity index (χ1n) is 16.4. The number of aliphatic imine (C=N–C) groups is 1. The largest absolute Gasteiger partial charge is 0.466 e. The van der Waals surface area contributed by atoms with Crippen LogP contribution in [0.4, 0.5) is 18.0 Å². The van der Waals surface area contributed by atoms with Crippen LogP contribution >= 0.6 is 0 Å². The van der Waals surface area contributed by atoms with Gasteiger partial charge in [-0.25, -0.2) is 27.8 Å². The maximum absolute atomic E-state index is 14.5. The van der Waals surface area contributed by atoms with Crippen molar-refractivity contribution < 1.29 is 32.2 Å². The van der Waals surface area contributed by atoms with Crippen molar-refractivity contribution in [2.75, 3.05) is 47.0 Å². The number of esters is 1. The summed E-state index contributed by atoms with van der Waals surface area (Å²) in [6.07, 6.45) is 2.27. The van der Waals surface area contributed by atoms with Crippen LogP contribution in [0.1, 0.15) is 60.0 Å². The molecule has 1 unspecified atom stereocenters. The number of halogens is 3. The molecule has 1 saturated heterocycles. The van der Waals surface area contributed by atoms with Crippen LogP contribution in [0.3, 0.4) is 0 Å². The Hall–Kier alpha value is -4.48. The lowest BCUT2D eigenvalue weighted by Gasteiger charge is -2.43. The zero-order chi connectivity index (χ0) is 35.3. The molecular formula is C38H43F3N4O4. The summed E-state index contributed by atoms with van der Waals surface area (Å²) >= 11 is 0. The maximum Gasteiger partial charge on any atom is 0.338 e. The Morgan fingerprint density at radius 1 is 0.939 bits per heavy atom. The highest BCUT2D eigenvalue weighted by Crippen LogP contribution is 2.43. The fourth-order valence-corrected chi connectivity index (χ4v) is 7.07. The van der Waals surface area contributed by atoms with Gasteiger partial charge in [-0.2, -0.15) is 0 Å². The summed E-state index contributed by atoms with van der Waals surface area (Å²) < 4.78 is 53.1. The molecule has 0 aromatic heterocycles. The number of rotatable bonds is 10. The summed E-state index contributed by atoms with van der Waals surface area (Å²) in [5.41, 5.74) is 4.53. The Morgan fingerprint density at radius 2 is 1.65 bits per heavy atom. The van der Waals surface area contributed by atoms with E-state index in [0.717, 1.165) is 55.7 Å². The molecule has 3 aromatic rings. The average Bonchev–Trinajstić information content (AvgIpc) is 3.09. The fraction of sp³-hybridized carbons (Fsp3) is 0.395. The number of nitrogens with one attached hydrogen (secondary N) is 1. The number of hydrogen-bond acceptors (Lipinski definition) is 6. The van der Waals surface area contributed by atoms with Gasteiger partial charge in [-0.1, -0.05) is 42.0 Å². The second kappa shape index (κ2) is 15.4. The Balaban J connectivity index is 1.28. The van der Waals surface area contributed by atoms with Crippen molar-refractivity contribution in [2.24, 2.45) is 4.99 Å². The second-order valence-electron chi connectivity index (χ2n) is 12.7. The smallest absolute Gasteiger partial charge is 0.338 e. The summed E-state index contributed by atoms with van der Waals surface area (Å²) in [6, 6.07) is 15.1. The minimum Gasteiger partial charge on any atom is -0.466 e. The minimum atomic E-state index is -1.13. The first kappa shape index (κ1) is 35.8. The van der Waals surface area contributed by atoms with Crippen LogP contribution < -0.4 is 5.32 Å². The van der Waals surface area contributed by atoms with E-state index >= 15 is 0 Å². The van der Waals surface area contributed by atoms with Gasteiger partial charge in [0.05, 0.1) is 31.0 Å². The van der Waals surface area contributed by atoms with Crippen LogP contribution in [-0.4, -0.2) is 74.6 Å². The van der Waals surface area contributed by atoms with E-state index < -0.39 is 29.7 Å². The first-order valence-corrected chi connectivity index (χ1v) is 16.4. The normalized spacial score (nSPS) is 17.9. The number of aryl methyl sites for hydroxylation is 2. The van der Waals surface area contributed by atoms with Gasteiger partial charge in [0.2, 0.25) is 0 Å². The lowest BCUT2D eigenvalue weighted by Crippen LogP contribution is -2.49. The Labute approximate surface area is 285 Å². The molecule has 2 heterocycles. The van der Waals surface area contributed by atoms with Gasteiger partial charge in [0.25, 0.3) is 0 Å². The van der Waals surface area contributed by atoms with Crippen molar-refractivity contribution in [3.05, 3.63) is 117 Å². The second-order valence-corrected chi connectivity index (χ2v) is 12.7. The molecule has 8 nitrogen and oxygen atoms in total. The number of piperidine rings is 1. The Morgan fingerprint density at radius 3 is 2.31 bits per heavy atom. The zero-order valence-electron chi connectivity index (χ0n) is 28.6. The van der Waals surface area contributed by atoms with Gasteiger partial charge in [0.15, 0.2) is 11.6 Å². The summed E-state index contributed by atoms with van der Waals surface area (Å²) in [5.74, 6) is -2.92. The molecule has 2 aliphatic heterocycles. The highest BCUT2D eigenvalue weighted by atomic mass is 19.2. The topological polar surface area (TPSA) is 83.5 Å². The minimum absolute atomic E-state index is 0.00461. The number of carbonyl (C=O) groups is 2. The molecule has 1 atom stereocenters. The van der Waals surface area contributed by atoms with Crippen LogP contribution in [0.25, 0.3) is 0 Å². The van der Waals surface area contributed by atoms with Crippen molar-refractivity contribution in [2.45, 2.75) is 51.5 Å². The summed E-state index contributed by atoms with van der Waals surface area (Å²) in [4.78, 5) is 34.8. The SMILES string of the molecule is COCC1=C(C(=O)OC)C(c2ccc(F)c(F)c2)N(C(=O)NCCCN2CCC(c3ccc(C)cc3)(c3cc(F)ccc3C)CC2)C(C)=N1. The molecule has 2 aliphatic rings. The van der Waals surface area contributed by atoms with Crippen molar-refractivity contribution in [1.82, 2.24) is 15.1 Å². The van der Waals surface area contributed by atoms with Crippen molar-refractivity contribution >= 4 is 17.8 Å². The maximum atomic E-state index is 14.5. The molecule has 0 saturated carbocycles. The molecule has 1 N–H and O–H groups in total. The lowest BCUT2D eigenvalue weighted by atomic mass is 9.66. The number of benzene rings is 3. The van der Waals surface area contributed by atoms with E-state index in [4.69, 9.17) is 9.47 Å². The summed E-state index contributed by atoms with van der Waals surface area (Å²) in [6.45, 7) is 8.26. The Kier molecular flexibility index (Phi) is 11.2. The first-order chi connectivity index (χ1) is 23.5. The third-order valence-corrected chi connectivity index (χ3v) is 9.61. The summed E-state index contributed by atoms with van der Waals surface area (Å²) in [5, 5.41) is 2.92. The van der Waals surface area contributed by atoms with Crippen molar-refractivity contribution in [3.8, 4) is 0 Å². The van der Waals surface area contributed by atoms with Gasteiger partial charge in [0.1, 0.15) is 11.7 Å². The van der Waals surface area contributed by atoms with E-state index in [1.54, 1.807) is 13.0 Å². The molecule has 2 amide bonds. The Bertz CT molecular complexity index is 1750. The molecular weight excluding hydrogens is 633 g/mol. The fourth-order valence-electron chi connectivity index (χ4n) is 7.07. The van der Waals surface area contributed by atoms with Crippen LogP contribution in [-0.2, 0) is 19.7 Å². The molecule has 49 heavy (non-hydrogen) atoms. The molecule has 11 heteroatoms. The van der Waals surface area contributed by atoms with Crippen LogP contribution in [0.15, 0.2) is 76.9 Å². The van der Waals surface area contributed by atoms with Gasteiger partial charge >= 0.3 is 12.0 Å². The van der Waals surface area contributed by atoms with Crippen molar-refractivity contribution in [3.63, 3.8) is 0 Å². The third-order valence-electron chi connectivity index (χ3n) is 9.61. The molecule has 260 valence electrons. The van der Waals surface area contributed by atoms with E-state index in [2.05, 4.69) is 46.4 Å². The number of methoxy groups -OCH3 is 2. The monoisotopic (exact) mass is 676 g/mol. The number of hydrogen-bond donors (Lipinski definition) is 1. The van der Waals surface area contributed by atoms with Crippen LogP contribution in [0.5, 0.6) is 0 Å². The molecule has 0 bridgehead atoms. The van der Waals surface area contributed by atoms with Gasteiger partial charge in [-0.05, 0) is 106 Å². The van der Waals surface area contributed by atoms with Gasteiger partial charge in [-0.3, -0.25) is 4.90 Å². The zero-order valence-corrected chi connectivity index (χ0v) is 28.6. The van der Waals surface area contributed by atoms with Gasteiger partial charge in [-0.15, -0.1) is 0 Å². The number of urea groups is 1. The van der Waals surface area contributed by atoms with Crippen molar-refractivity contribution in [1.29, 1.82) is 0 Å². The quantitative estimate of drug-likeness (QED) is 0.190. The van der Waals surface area contributed by atoms with E-state index in [1.807, 2.05) is 13.0 Å². The third kappa shape index (κ3) is 7.58. The number of amidine groups is 1. The molecule has 0 radical (unpaired) electrons. The number of nitrogens with zero attached hydrogens (tertiary/aromatic N) is 3. The number of amides is 2. The highest BCUT2D eigenvalue weighted by Gasteiger charge is 2.41. The molecule has 5 rings (SSSR count). The lowest BCUT2D eigenvalue weighted by molar-refractivity contribution is -0.136.